The summed E-state index contributed by atoms with van der Waals surface area (Å²) < 4.78 is 11.0. The minimum absolute atomic E-state index is 0.0407. The summed E-state index contributed by atoms with van der Waals surface area (Å²) in [5, 5.41) is 3.09. The lowest BCUT2D eigenvalue weighted by atomic mass is 9.95. The van der Waals surface area contributed by atoms with Gasteiger partial charge in [0, 0.05) is 19.5 Å². The maximum Gasteiger partial charge on any atom is 0.326 e. The van der Waals surface area contributed by atoms with Gasteiger partial charge in [-0.25, -0.2) is 0 Å². The average molecular weight is 360 g/mol. The number of nitrogens with zero attached hydrogens (tertiary/aromatic N) is 1. The van der Waals surface area contributed by atoms with Gasteiger partial charge in [0.15, 0.2) is 0 Å². The first-order valence-electron chi connectivity index (χ1n) is 9.42. The van der Waals surface area contributed by atoms with Crippen molar-refractivity contribution >= 4 is 11.9 Å². The van der Waals surface area contributed by atoms with Gasteiger partial charge < -0.3 is 14.8 Å². The zero-order valence-corrected chi connectivity index (χ0v) is 15.5. The standard InChI is InChI=1S/C20H28N2O4/c1-14(2)19-17(18(20(24)26-19)22-10-12-25-13-11-22)21-16(23)9-8-15-6-4-3-5-7-15/h3-7,14,17-19H,8-13H2,1-2H3,(H,21,23)/t17-,18-,19+/m0/s1. The number of nitrogens with one attached hydrogen (secondary N) is 1. The SMILES string of the molecule is CC(C)[C@H]1OC(=O)[C@@H](N2CCOCC2)[C@@H]1NC(=O)CCc1ccccc1. The number of hydrogen-bond acceptors (Lipinski definition) is 5. The summed E-state index contributed by atoms with van der Waals surface area (Å²) in [7, 11) is 0. The van der Waals surface area contributed by atoms with Crippen LogP contribution >= 0.6 is 0 Å². The Kier molecular flexibility index (Phi) is 6.27. The number of rotatable bonds is 6. The van der Waals surface area contributed by atoms with Gasteiger partial charge in [-0.05, 0) is 17.9 Å². The Bertz CT molecular complexity index is 613. The molecule has 2 aliphatic rings. The van der Waals surface area contributed by atoms with Crippen LogP contribution in [0.25, 0.3) is 0 Å². The van der Waals surface area contributed by atoms with E-state index in [1.54, 1.807) is 0 Å². The second kappa shape index (κ2) is 8.64. The molecule has 1 amide bonds. The molecule has 6 heteroatoms. The number of carbonyl (C=O) groups excluding carboxylic acids is 2. The van der Waals surface area contributed by atoms with E-state index in [4.69, 9.17) is 9.47 Å². The Hall–Kier alpha value is -1.92. The molecule has 0 saturated carbocycles. The average Bonchev–Trinajstić information content (AvgIpc) is 2.98. The number of esters is 1. The second-order valence-corrected chi connectivity index (χ2v) is 7.32. The highest BCUT2D eigenvalue weighted by Gasteiger charge is 2.49. The highest BCUT2D eigenvalue weighted by atomic mass is 16.6. The summed E-state index contributed by atoms with van der Waals surface area (Å²) in [5.41, 5.74) is 1.13. The second-order valence-electron chi connectivity index (χ2n) is 7.32. The van der Waals surface area contributed by atoms with E-state index >= 15 is 0 Å². The highest BCUT2D eigenvalue weighted by molar-refractivity contribution is 5.83. The summed E-state index contributed by atoms with van der Waals surface area (Å²) in [6.07, 6.45) is 0.786. The fraction of sp³-hybridized carbons (Fsp3) is 0.600. The fourth-order valence-corrected chi connectivity index (χ4v) is 3.71. The molecule has 1 N–H and O–H groups in total. The van der Waals surface area contributed by atoms with Gasteiger partial charge in [-0.15, -0.1) is 0 Å². The molecule has 0 unspecified atom stereocenters. The molecule has 0 spiro atoms. The van der Waals surface area contributed by atoms with Crippen LogP contribution in [0.3, 0.4) is 0 Å². The quantitative estimate of drug-likeness (QED) is 0.777. The predicted octanol–water partition coefficient (Wildman–Crippen LogP) is 1.39. The highest BCUT2D eigenvalue weighted by Crippen LogP contribution is 2.27. The van der Waals surface area contributed by atoms with Gasteiger partial charge in [-0.2, -0.15) is 0 Å². The number of morpholine rings is 1. The normalized spacial score (nSPS) is 26.7. The van der Waals surface area contributed by atoms with Crippen molar-refractivity contribution in [1.29, 1.82) is 0 Å². The number of cyclic esters (lactones) is 1. The maximum atomic E-state index is 12.6. The van der Waals surface area contributed by atoms with Gasteiger partial charge >= 0.3 is 5.97 Å². The van der Waals surface area contributed by atoms with Crippen LogP contribution in [0.2, 0.25) is 0 Å². The van der Waals surface area contributed by atoms with E-state index in [1.165, 1.54) is 0 Å². The van der Waals surface area contributed by atoms with Crippen LogP contribution in [-0.4, -0.2) is 61.3 Å². The first-order chi connectivity index (χ1) is 12.6. The monoisotopic (exact) mass is 360 g/mol. The molecule has 0 radical (unpaired) electrons. The molecule has 1 aromatic rings. The molecule has 142 valence electrons. The van der Waals surface area contributed by atoms with Gasteiger partial charge in [0.2, 0.25) is 5.91 Å². The minimum atomic E-state index is -0.424. The number of hydrogen-bond donors (Lipinski definition) is 1. The van der Waals surface area contributed by atoms with E-state index in [9.17, 15) is 9.59 Å². The van der Waals surface area contributed by atoms with Crippen LogP contribution in [0.1, 0.15) is 25.8 Å². The Morgan fingerprint density at radius 2 is 1.92 bits per heavy atom. The Morgan fingerprint density at radius 1 is 1.23 bits per heavy atom. The molecule has 1 aromatic carbocycles. The molecule has 0 aliphatic carbocycles. The van der Waals surface area contributed by atoms with Gasteiger partial charge in [0.1, 0.15) is 12.1 Å². The van der Waals surface area contributed by atoms with E-state index in [0.717, 1.165) is 5.56 Å². The van der Waals surface area contributed by atoms with Crippen LogP contribution in [0.5, 0.6) is 0 Å². The van der Waals surface area contributed by atoms with Crippen molar-refractivity contribution in [3.8, 4) is 0 Å². The zero-order valence-electron chi connectivity index (χ0n) is 15.5. The zero-order chi connectivity index (χ0) is 18.5. The van der Waals surface area contributed by atoms with Crippen molar-refractivity contribution in [1.82, 2.24) is 10.2 Å². The largest absolute Gasteiger partial charge is 0.459 e. The summed E-state index contributed by atoms with van der Waals surface area (Å²) in [5.74, 6) is -0.135. The smallest absolute Gasteiger partial charge is 0.326 e. The molecule has 0 bridgehead atoms. The molecular formula is C20H28N2O4. The molecule has 3 atom stereocenters. The van der Waals surface area contributed by atoms with Gasteiger partial charge in [0.05, 0.1) is 19.3 Å². The number of aryl methyl sites for hydroxylation is 1. The number of ether oxygens (including phenoxy) is 2. The van der Waals surface area contributed by atoms with E-state index in [0.29, 0.717) is 39.1 Å². The number of amides is 1. The first-order valence-corrected chi connectivity index (χ1v) is 9.42. The molecular weight excluding hydrogens is 332 g/mol. The van der Waals surface area contributed by atoms with E-state index in [-0.39, 0.29) is 29.9 Å². The summed E-state index contributed by atoms with van der Waals surface area (Å²) in [6, 6.07) is 9.20. The third-order valence-corrected chi connectivity index (χ3v) is 5.10. The van der Waals surface area contributed by atoms with Crippen LogP contribution in [0.15, 0.2) is 30.3 Å². The molecule has 26 heavy (non-hydrogen) atoms. The number of carbonyl (C=O) groups is 2. The van der Waals surface area contributed by atoms with Crippen molar-refractivity contribution < 1.29 is 19.1 Å². The third kappa shape index (κ3) is 4.43. The Morgan fingerprint density at radius 3 is 2.58 bits per heavy atom. The van der Waals surface area contributed by atoms with Crippen LogP contribution < -0.4 is 5.32 Å². The van der Waals surface area contributed by atoms with Crippen molar-refractivity contribution in [2.24, 2.45) is 5.92 Å². The lowest BCUT2D eigenvalue weighted by Crippen LogP contribution is -2.57. The third-order valence-electron chi connectivity index (χ3n) is 5.10. The van der Waals surface area contributed by atoms with Crippen molar-refractivity contribution in [2.75, 3.05) is 26.3 Å². The molecule has 2 fully saturated rings. The van der Waals surface area contributed by atoms with Crippen molar-refractivity contribution in [3.05, 3.63) is 35.9 Å². The van der Waals surface area contributed by atoms with Gasteiger partial charge in [-0.1, -0.05) is 44.2 Å². The first kappa shape index (κ1) is 18.9. The van der Waals surface area contributed by atoms with Crippen LogP contribution in [-0.2, 0) is 25.5 Å². The van der Waals surface area contributed by atoms with Crippen LogP contribution in [0.4, 0.5) is 0 Å². The molecule has 3 rings (SSSR count). The molecule has 0 aromatic heterocycles. The Balaban J connectivity index is 1.66. The van der Waals surface area contributed by atoms with E-state index in [2.05, 4.69) is 10.2 Å². The van der Waals surface area contributed by atoms with Crippen molar-refractivity contribution in [3.63, 3.8) is 0 Å². The maximum absolute atomic E-state index is 12.6. The lowest BCUT2D eigenvalue weighted by Gasteiger charge is -2.34. The van der Waals surface area contributed by atoms with Crippen molar-refractivity contribution in [2.45, 2.75) is 44.9 Å². The molecule has 2 aliphatic heterocycles. The summed E-state index contributed by atoms with van der Waals surface area (Å²) in [4.78, 5) is 27.1. The topological polar surface area (TPSA) is 67.9 Å². The summed E-state index contributed by atoms with van der Waals surface area (Å²) in [6.45, 7) is 6.60. The minimum Gasteiger partial charge on any atom is -0.459 e. The van der Waals surface area contributed by atoms with Gasteiger partial charge in [-0.3, -0.25) is 14.5 Å². The van der Waals surface area contributed by atoms with E-state index in [1.807, 2.05) is 44.2 Å². The fourth-order valence-electron chi connectivity index (χ4n) is 3.71. The lowest BCUT2D eigenvalue weighted by molar-refractivity contribution is -0.147. The summed E-state index contributed by atoms with van der Waals surface area (Å²) >= 11 is 0. The molecule has 2 heterocycles. The molecule has 2 saturated heterocycles. The van der Waals surface area contributed by atoms with Crippen LogP contribution in [0, 0.1) is 5.92 Å². The Labute approximate surface area is 154 Å². The van der Waals surface area contributed by atoms with Gasteiger partial charge in [0.25, 0.3) is 0 Å². The number of benzene rings is 1. The predicted molar refractivity (Wildman–Crippen MR) is 97.6 cm³/mol. The van der Waals surface area contributed by atoms with E-state index < -0.39 is 6.04 Å². The molecule has 6 nitrogen and oxygen atoms in total.